The molecule has 0 spiro atoms. The van der Waals surface area contributed by atoms with Crippen molar-refractivity contribution in [2.45, 2.75) is 32.6 Å². The largest absolute Gasteiger partial charge is 0.435 e. The molecule has 1 N–H and O–H groups in total. The minimum Gasteiger partial charge on any atom is -0.310 e. The molecule has 4 aromatic rings. The normalized spacial score (nSPS) is 11.9. The Morgan fingerprint density at radius 1 is 1.23 bits per heavy atom. The van der Waals surface area contributed by atoms with E-state index in [-0.39, 0.29) is 12.5 Å². The van der Waals surface area contributed by atoms with Gasteiger partial charge in [0.25, 0.3) is 5.91 Å². The van der Waals surface area contributed by atoms with Gasteiger partial charge in [-0.3, -0.25) is 14.8 Å². The standard InChI is InChI=1S/C20H18F3N5OS/c1-2-8-28-15-6-4-3-5-14(15)24-19(28)25-18(29)16-10-13(12-30-16)11-27-9-7-17(26-27)20(21,22)23/h3-7,9-10,12H,2,8,11H2,1H3,(H,24,25,29). The van der Waals surface area contributed by atoms with Gasteiger partial charge in [-0.25, -0.2) is 4.98 Å². The van der Waals surface area contributed by atoms with Crippen LogP contribution >= 0.6 is 11.3 Å². The van der Waals surface area contributed by atoms with E-state index in [9.17, 15) is 18.0 Å². The van der Waals surface area contributed by atoms with Crippen LogP contribution in [0.3, 0.4) is 0 Å². The maximum Gasteiger partial charge on any atom is 0.435 e. The van der Waals surface area contributed by atoms with Gasteiger partial charge in [-0.1, -0.05) is 19.1 Å². The molecule has 0 atom stereocenters. The van der Waals surface area contributed by atoms with Crippen LogP contribution in [0.5, 0.6) is 0 Å². The number of para-hydroxylation sites is 2. The second-order valence-electron chi connectivity index (χ2n) is 6.75. The first-order valence-corrected chi connectivity index (χ1v) is 10.2. The van der Waals surface area contributed by atoms with Crippen molar-refractivity contribution in [3.63, 3.8) is 0 Å². The first-order valence-electron chi connectivity index (χ1n) is 9.30. The van der Waals surface area contributed by atoms with Crippen molar-refractivity contribution in [3.8, 4) is 0 Å². The summed E-state index contributed by atoms with van der Waals surface area (Å²) in [6.45, 7) is 2.91. The molecule has 1 amide bonds. The molecule has 3 heterocycles. The van der Waals surface area contributed by atoms with Gasteiger partial charge in [-0.05, 0) is 41.6 Å². The molecule has 4 rings (SSSR count). The molecule has 0 aliphatic rings. The van der Waals surface area contributed by atoms with E-state index in [1.807, 2.05) is 35.8 Å². The van der Waals surface area contributed by atoms with E-state index in [4.69, 9.17) is 0 Å². The summed E-state index contributed by atoms with van der Waals surface area (Å²) in [7, 11) is 0. The number of hydrogen-bond acceptors (Lipinski definition) is 4. The Kier molecular flexibility index (Phi) is 5.33. The van der Waals surface area contributed by atoms with Gasteiger partial charge in [0.15, 0.2) is 5.69 Å². The Morgan fingerprint density at radius 3 is 2.77 bits per heavy atom. The molecule has 0 radical (unpaired) electrons. The summed E-state index contributed by atoms with van der Waals surface area (Å²) in [6.07, 6.45) is -2.32. The second-order valence-corrected chi connectivity index (χ2v) is 7.66. The van der Waals surface area contributed by atoms with E-state index >= 15 is 0 Å². The molecule has 0 saturated heterocycles. The van der Waals surface area contributed by atoms with Gasteiger partial charge in [0.2, 0.25) is 5.95 Å². The lowest BCUT2D eigenvalue weighted by Gasteiger charge is -2.08. The SMILES string of the molecule is CCCn1c(NC(=O)c2cc(Cn3ccc(C(F)(F)F)n3)cs2)nc2ccccc21. The van der Waals surface area contributed by atoms with Crippen molar-refractivity contribution in [3.05, 3.63) is 64.1 Å². The predicted octanol–water partition coefficient (Wildman–Crippen LogP) is 5.02. The van der Waals surface area contributed by atoms with Gasteiger partial charge < -0.3 is 4.57 Å². The number of aryl methyl sites for hydroxylation is 1. The van der Waals surface area contributed by atoms with Crippen molar-refractivity contribution >= 4 is 34.2 Å². The molecule has 0 aliphatic heterocycles. The molecular weight excluding hydrogens is 415 g/mol. The Bertz CT molecular complexity index is 1190. The molecule has 0 fully saturated rings. The quantitative estimate of drug-likeness (QED) is 0.464. The topological polar surface area (TPSA) is 64.7 Å². The fourth-order valence-corrected chi connectivity index (χ4v) is 3.95. The Hall–Kier alpha value is -3.14. The predicted molar refractivity (Wildman–Crippen MR) is 109 cm³/mol. The number of thiophene rings is 1. The number of anilines is 1. The van der Waals surface area contributed by atoms with Gasteiger partial charge in [0, 0.05) is 12.7 Å². The number of rotatable bonds is 6. The number of nitrogens with one attached hydrogen (secondary N) is 1. The number of nitrogens with zero attached hydrogens (tertiary/aromatic N) is 4. The Balaban J connectivity index is 1.50. The lowest BCUT2D eigenvalue weighted by molar-refractivity contribution is -0.141. The van der Waals surface area contributed by atoms with Gasteiger partial charge >= 0.3 is 6.18 Å². The maximum atomic E-state index is 12.7. The lowest BCUT2D eigenvalue weighted by Crippen LogP contribution is -2.15. The van der Waals surface area contributed by atoms with Crippen LogP contribution < -0.4 is 5.32 Å². The summed E-state index contributed by atoms with van der Waals surface area (Å²) in [6, 6.07) is 10.2. The molecule has 0 aliphatic carbocycles. The van der Waals surface area contributed by atoms with Crippen molar-refractivity contribution in [2.24, 2.45) is 0 Å². The molecule has 0 unspecified atom stereocenters. The van der Waals surface area contributed by atoms with E-state index in [1.54, 1.807) is 11.4 Å². The third-order valence-electron chi connectivity index (χ3n) is 4.48. The highest BCUT2D eigenvalue weighted by Gasteiger charge is 2.33. The molecule has 0 bridgehead atoms. The second kappa shape index (κ2) is 7.94. The monoisotopic (exact) mass is 433 g/mol. The zero-order valence-electron chi connectivity index (χ0n) is 16.0. The molecular formula is C20H18F3N5OS. The maximum absolute atomic E-state index is 12.7. The van der Waals surface area contributed by atoms with E-state index < -0.39 is 11.9 Å². The zero-order valence-corrected chi connectivity index (χ0v) is 16.8. The first kappa shape index (κ1) is 20.1. The average molecular weight is 433 g/mol. The summed E-state index contributed by atoms with van der Waals surface area (Å²) in [5, 5.41) is 8.13. The third kappa shape index (κ3) is 4.09. The number of halogens is 3. The Labute approximate surface area is 174 Å². The number of benzene rings is 1. The third-order valence-corrected chi connectivity index (χ3v) is 5.46. The van der Waals surface area contributed by atoms with Crippen molar-refractivity contribution in [1.82, 2.24) is 19.3 Å². The Morgan fingerprint density at radius 2 is 2.03 bits per heavy atom. The van der Waals surface area contributed by atoms with Gasteiger partial charge in [-0.2, -0.15) is 18.3 Å². The number of aromatic nitrogens is 4. The summed E-state index contributed by atoms with van der Waals surface area (Å²) in [4.78, 5) is 17.7. The van der Waals surface area contributed by atoms with Crippen LogP contribution in [-0.4, -0.2) is 25.2 Å². The van der Waals surface area contributed by atoms with Crippen molar-refractivity contribution in [1.29, 1.82) is 0 Å². The molecule has 3 aromatic heterocycles. The van der Waals surface area contributed by atoms with E-state index in [1.165, 1.54) is 22.2 Å². The van der Waals surface area contributed by atoms with Crippen LogP contribution in [0.4, 0.5) is 19.1 Å². The zero-order chi connectivity index (χ0) is 21.3. The number of carbonyl (C=O) groups excluding carboxylic acids is 1. The van der Waals surface area contributed by atoms with E-state index in [0.717, 1.165) is 23.5 Å². The summed E-state index contributed by atoms with van der Waals surface area (Å²) in [5.74, 6) is 0.162. The van der Waals surface area contributed by atoms with Gasteiger partial charge in [0.05, 0.1) is 22.5 Å². The van der Waals surface area contributed by atoms with Crippen LogP contribution in [0, 0.1) is 0 Å². The number of hydrogen-bond donors (Lipinski definition) is 1. The molecule has 1 aromatic carbocycles. The average Bonchev–Trinajstić information content (AvgIpc) is 3.42. The van der Waals surface area contributed by atoms with E-state index in [0.29, 0.717) is 22.9 Å². The van der Waals surface area contributed by atoms with Gasteiger partial charge in [0.1, 0.15) is 0 Å². The molecule has 6 nitrogen and oxygen atoms in total. The number of fused-ring (bicyclic) bond motifs is 1. The molecule has 156 valence electrons. The number of amides is 1. The number of imidazole rings is 1. The first-order chi connectivity index (χ1) is 14.3. The summed E-state index contributed by atoms with van der Waals surface area (Å²) >= 11 is 1.22. The molecule has 30 heavy (non-hydrogen) atoms. The minimum atomic E-state index is -4.48. The van der Waals surface area contributed by atoms with Crippen LogP contribution in [0.25, 0.3) is 11.0 Å². The number of carbonyl (C=O) groups is 1. The lowest BCUT2D eigenvalue weighted by atomic mass is 10.3. The smallest absolute Gasteiger partial charge is 0.310 e. The highest BCUT2D eigenvalue weighted by molar-refractivity contribution is 7.12. The molecule has 0 saturated carbocycles. The highest BCUT2D eigenvalue weighted by Crippen LogP contribution is 2.27. The molecule has 10 heteroatoms. The van der Waals surface area contributed by atoms with Crippen LogP contribution in [0.2, 0.25) is 0 Å². The van der Waals surface area contributed by atoms with Crippen molar-refractivity contribution in [2.75, 3.05) is 5.32 Å². The summed E-state index contributed by atoms with van der Waals surface area (Å²) in [5.41, 5.74) is 1.50. The fraction of sp³-hybridized carbons (Fsp3) is 0.250. The fourth-order valence-electron chi connectivity index (χ4n) is 3.15. The van der Waals surface area contributed by atoms with Crippen molar-refractivity contribution < 1.29 is 18.0 Å². The van der Waals surface area contributed by atoms with Crippen LogP contribution in [0.15, 0.2) is 48.0 Å². The summed E-state index contributed by atoms with van der Waals surface area (Å²) < 4.78 is 41.2. The van der Waals surface area contributed by atoms with Crippen LogP contribution in [-0.2, 0) is 19.3 Å². The highest BCUT2D eigenvalue weighted by atomic mass is 32.1. The van der Waals surface area contributed by atoms with E-state index in [2.05, 4.69) is 15.4 Å². The van der Waals surface area contributed by atoms with Crippen LogP contribution in [0.1, 0.15) is 34.3 Å². The number of alkyl halides is 3. The minimum absolute atomic E-state index is 0.147. The van der Waals surface area contributed by atoms with Gasteiger partial charge in [-0.15, -0.1) is 11.3 Å².